The first-order valence-electron chi connectivity index (χ1n) is 8.44. The first-order chi connectivity index (χ1) is 12.8. The Hall–Kier alpha value is -2.25. The third-order valence-corrected chi connectivity index (χ3v) is 4.69. The first-order valence-corrected chi connectivity index (χ1v) is 8.82. The predicted octanol–water partition coefficient (Wildman–Crippen LogP) is 4.48. The molecule has 1 saturated heterocycles. The van der Waals surface area contributed by atoms with Crippen molar-refractivity contribution in [2.45, 2.75) is 18.9 Å². The molecule has 8 heteroatoms. The molecule has 1 aliphatic heterocycles. The lowest BCUT2D eigenvalue weighted by atomic mass is 10.1. The van der Waals surface area contributed by atoms with E-state index in [4.69, 9.17) is 16.3 Å². The van der Waals surface area contributed by atoms with Crippen LogP contribution in [0.4, 0.5) is 18.9 Å². The minimum absolute atomic E-state index is 0.00311. The maximum Gasteiger partial charge on any atom is 0.261 e. The molecule has 1 fully saturated rings. The molecule has 0 unspecified atom stereocenters. The van der Waals surface area contributed by atoms with Crippen LogP contribution in [0.3, 0.4) is 0 Å². The van der Waals surface area contributed by atoms with Crippen molar-refractivity contribution in [3.8, 4) is 5.75 Å². The molecular weight excluding hydrogens is 381 g/mol. The van der Waals surface area contributed by atoms with Gasteiger partial charge in [-0.25, -0.2) is 13.2 Å². The Balaban J connectivity index is 1.75. The van der Waals surface area contributed by atoms with Crippen molar-refractivity contribution in [3.05, 3.63) is 58.4 Å². The lowest BCUT2D eigenvalue weighted by Crippen LogP contribution is -2.35. The summed E-state index contributed by atoms with van der Waals surface area (Å²) in [5.41, 5.74) is -0.598. The number of carbonyl (C=O) groups is 1. The number of benzene rings is 2. The van der Waals surface area contributed by atoms with Crippen LogP contribution >= 0.6 is 11.6 Å². The molecule has 2 aromatic rings. The van der Waals surface area contributed by atoms with Gasteiger partial charge in [0.2, 0.25) is 0 Å². The monoisotopic (exact) mass is 398 g/mol. The summed E-state index contributed by atoms with van der Waals surface area (Å²) in [6.45, 7) is 1.81. The normalized spacial score (nSPS) is 15.6. The van der Waals surface area contributed by atoms with Gasteiger partial charge >= 0.3 is 0 Å². The molecule has 144 valence electrons. The average Bonchev–Trinajstić information content (AvgIpc) is 2.59. The van der Waals surface area contributed by atoms with Crippen LogP contribution in [0.2, 0.25) is 5.02 Å². The van der Waals surface area contributed by atoms with Crippen LogP contribution in [0, 0.1) is 17.5 Å². The van der Waals surface area contributed by atoms with Gasteiger partial charge in [0.25, 0.3) is 5.91 Å². The van der Waals surface area contributed by atoms with E-state index in [2.05, 4.69) is 10.2 Å². The second kappa shape index (κ2) is 8.19. The first kappa shape index (κ1) is 19.5. The highest BCUT2D eigenvalue weighted by molar-refractivity contribution is 6.32. The summed E-state index contributed by atoms with van der Waals surface area (Å²) in [6.07, 6.45) is 1.68. The predicted molar refractivity (Wildman–Crippen MR) is 96.9 cm³/mol. The number of nitrogens with zero attached hydrogens (tertiary/aromatic N) is 1. The van der Waals surface area contributed by atoms with Gasteiger partial charge in [-0.2, -0.15) is 0 Å². The summed E-state index contributed by atoms with van der Waals surface area (Å²) in [6, 6.07) is 5.42. The largest absolute Gasteiger partial charge is 0.489 e. The molecular formula is C19H18ClF3N2O2. The summed E-state index contributed by atoms with van der Waals surface area (Å²) < 4.78 is 46.4. The number of ether oxygens (including phenoxy) is 1. The molecule has 4 nitrogen and oxygen atoms in total. The Kier molecular flexibility index (Phi) is 5.92. The van der Waals surface area contributed by atoms with E-state index in [1.165, 1.54) is 18.2 Å². The number of nitrogens with one attached hydrogen (secondary N) is 1. The fraction of sp³-hybridized carbons (Fsp3) is 0.316. The Labute approximate surface area is 159 Å². The number of rotatable bonds is 4. The molecule has 1 heterocycles. The number of carbonyl (C=O) groups excluding carboxylic acids is 1. The quantitative estimate of drug-likeness (QED) is 0.825. The molecule has 3 rings (SSSR count). The van der Waals surface area contributed by atoms with E-state index in [9.17, 15) is 18.0 Å². The van der Waals surface area contributed by atoms with Gasteiger partial charge < -0.3 is 15.0 Å². The van der Waals surface area contributed by atoms with Gasteiger partial charge in [-0.15, -0.1) is 0 Å². The van der Waals surface area contributed by atoms with E-state index in [1.807, 2.05) is 7.05 Å². The van der Waals surface area contributed by atoms with Crippen LogP contribution in [0.1, 0.15) is 23.2 Å². The minimum atomic E-state index is -1.28. The number of amides is 1. The number of anilines is 1. The van der Waals surface area contributed by atoms with Crippen molar-refractivity contribution in [1.82, 2.24) is 4.90 Å². The topological polar surface area (TPSA) is 41.6 Å². The Morgan fingerprint density at radius 2 is 1.78 bits per heavy atom. The highest BCUT2D eigenvalue weighted by Gasteiger charge is 2.21. The SMILES string of the molecule is CN1CCC(Oc2cc(NC(=O)c3c(F)cc(F)cc3F)ccc2Cl)CC1. The van der Waals surface area contributed by atoms with E-state index < -0.39 is 28.9 Å². The third-order valence-electron chi connectivity index (χ3n) is 4.38. The van der Waals surface area contributed by atoms with Crippen molar-refractivity contribution in [1.29, 1.82) is 0 Å². The van der Waals surface area contributed by atoms with Gasteiger partial charge in [0.1, 0.15) is 34.9 Å². The fourth-order valence-corrected chi connectivity index (χ4v) is 3.07. The third kappa shape index (κ3) is 4.73. The molecule has 2 aromatic carbocycles. The van der Waals surface area contributed by atoms with Gasteiger partial charge in [0, 0.05) is 37.0 Å². The second-order valence-electron chi connectivity index (χ2n) is 6.46. The zero-order valence-electron chi connectivity index (χ0n) is 14.6. The van der Waals surface area contributed by atoms with Gasteiger partial charge in [0.05, 0.1) is 5.02 Å². The van der Waals surface area contributed by atoms with E-state index in [-0.39, 0.29) is 11.8 Å². The summed E-state index contributed by atoms with van der Waals surface area (Å²) in [5, 5.41) is 2.75. The van der Waals surface area contributed by atoms with Crippen LogP contribution in [0.5, 0.6) is 5.75 Å². The number of hydrogen-bond donors (Lipinski definition) is 1. The van der Waals surface area contributed by atoms with E-state index in [1.54, 1.807) is 0 Å². The van der Waals surface area contributed by atoms with Crippen molar-refractivity contribution >= 4 is 23.2 Å². The van der Waals surface area contributed by atoms with Crippen molar-refractivity contribution in [2.75, 3.05) is 25.5 Å². The molecule has 1 N–H and O–H groups in total. The second-order valence-corrected chi connectivity index (χ2v) is 6.87. The van der Waals surface area contributed by atoms with Crippen molar-refractivity contribution in [3.63, 3.8) is 0 Å². The molecule has 0 bridgehead atoms. The van der Waals surface area contributed by atoms with Crippen LogP contribution in [-0.2, 0) is 0 Å². The van der Waals surface area contributed by atoms with Gasteiger partial charge in [-0.05, 0) is 32.0 Å². The zero-order valence-corrected chi connectivity index (χ0v) is 15.3. The fourth-order valence-electron chi connectivity index (χ4n) is 2.91. The molecule has 0 saturated carbocycles. The Morgan fingerprint density at radius 1 is 1.15 bits per heavy atom. The smallest absolute Gasteiger partial charge is 0.261 e. The summed E-state index contributed by atoms with van der Waals surface area (Å²) >= 11 is 6.16. The van der Waals surface area contributed by atoms with E-state index >= 15 is 0 Å². The van der Waals surface area contributed by atoms with Gasteiger partial charge in [0.15, 0.2) is 0 Å². The number of hydrogen-bond acceptors (Lipinski definition) is 3. The maximum atomic E-state index is 13.8. The number of likely N-dealkylation sites (tertiary alicyclic amines) is 1. The van der Waals surface area contributed by atoms with E-state index in [0.717, 1.165) is 25.9 Å². The lowest BCUT2D eigenvalue weighted by Gasteiger charge is -2.29. The van der Waals surface area contributed by atoms with Gasteiger partial charge in [-0.3, -0.25) is 4.79 Å². The number of piperidine rings is 1. The highest BCUT2D eigenvalue weighted by Crippen LogP contribution is 2.30. The average molecular weight is 399 g/mol. The molecule has 0 aliphatic carbocycles. The summed E-state index contributed by atoms with van der Waals surface area (Å²) in [4.78, 5) is 14.4. The van der Waals surface area contributed by atoms with Crippen molar-refractivity contribution < 1.29 is 22.7 Å². The van der Waals surface area contributed by atoms with Crippen LogP contribution in [0.15, 0.2) is 30.3 Å². The molecule has 1 amide bonds. The zero-order chi connectivity index (χ0) is 19.6. The maximum absolute atomic E-state index is 13.8. The van der Waals surface area contributed by atoms with Crippen LogP contribution in [-0.4, -0.2) is 37.0 Å². The molecule has 1 aliphatic rings. The van der Waals surface area contributed by atoms with Crippen LogP contribution in [0.25, 0.3) is 0 Å². The van der Waals surface area contributed by atoms with Crippen molar-refractivity contribution in [2.24, 2.45) is 0 Å². The molecule has 0 aromatic heterocycles. The van der Waals surface area contributed by atoms with E-state index in [0.29, 0.717) is 22.9 Å². The minimum Gasteiger partial charge on any atom is -0.489 e. The lowest BCUT2D eigenvalue weighted by molar-refractivity contribution is 0.101. The summed E-state index contributed by atoms with van der Waals surface area (Å²) in [5.74, 6) is -4.30. The molecule has 0 spiro atoms. The molecule has 0 atom stereocenters. The molecule has 0 radical (unpaired) electrons. The van der Waals surface area contributed by atoms with Crippen LogP contribution < -0.4 is 10.1 Å². The standard InChI is InChI=1S/C19H18ClF3N2O2/c1-25-6-4-13(5-7-25)27-17-10-12(2-3-14(17)20)24-19(26)18-15(22)8-11(21)9-16(18)23/h2-3,8-10,13H,4-7H2,1H3,(H,24,26). The Morgan fingerprint density at radius 3 is 2.41 bits per heavy atom. The number of halogens is 4. The summed E-state index contributed by atoms with van der Waals surface area (Å²) in [7, 11) is 2.03. The Bertz CT molecular complexity index is 832. The van der Waals surface area contributed by atoms with Gasteiger partial charge in [-0.1, -0.05) is 11.6 Å². The highest BCUT2D eigenvalue weighted by atomic mass is 35.5. The molecule has 27 heavy (non-hydrogen) atoms.